The lowest BCUT2D eigenvalue weighted by atomic mass is 10.1. The number of sulfonamides is 1. The first-order chi connectivity index (χ1) is 12.8. The van der Waals surface area contributed by atoms with Gasteiger partial charge in [0.25, 0.3) is 5.91 Å². The largest absolute Gasteiger partial charge is 0.349 e. The molecule has 5 nitrogen and oxygen atoms in total. The molecule has 2 aromatic rings. The van der Waals surface area contributed by atoms with Gasteiger partial charge in [-0.15, -0.1) is 0 Å². The number of hydrogen-bond acceptors (Lipinski definition) is 3. The van der Waals surface area contributed by atoms with Gasteiger partial charge in [0, 0.05) is 19.1 Å². The molecule has 0 atom stereocenters. The molecule has 1 saturated heterocycles. The first-order valence-electron chi connectivity index (χ1n) is 8.61. The van der Waals surface area contributed by atoms with Crippen LogP contribution in [0, 0.1) is 12.7 Å². The first kappa shape index (κ1) is 19.8. The highest BCUT2D eigenvalue weighted by atomic mass is 35.5. The second-order valence-corrected chi connectivity index (χ2v) is 8.91. The van der Waals surface area contributed by atoms with Crippen molar-refractivity contribution < 1.29 is 17.6 Å². The van der Waals surface area contributed by atoms with Crippen LogP contribution in [0.5, 0.6) is 0 Å². The van der Waals surface area contributed by atoms with Gasteiger partial charge in [-0.3, -0.25) is 4.79 Å². The molecule has 1 aliphatic rings. The smallest absolute Gasteiger partial charge is 0.255 e. The Bertz CT molecular complexity index is 920. The number of piperidine rings is 1. The highest BCUT2D eigenvalue weighted by Crippen LogP contribution is 2.23. The molecule has 27 heavy (non-hydrogen) atoms. The van der Waals surface area contributed by atoms with Crippen molar-refractivity contribution in [3.63, 3.8) is 0 Å². The molecule has 2 aromatic carbocycles. The fourth-order valence-corrected chi connectivity index (χ4v) is 4.79. The monoisotopic (exact) mass is 410 g/mol. The Labute approximate surface area is 163 Å². The highest BCUT2D eigenvalue weighted by molar-refractivity contribution is 7.89. The number of halogens is 2. The van der Waals surface area contributed by atoms with Crippen molar-refractivity contribution in [1.82, 2.24) is 9.62 Å². The summed E-state index contributed by atoms with van der Waals surface area (Å²) in [5, 5.41) is 2.80. The zero-order valence-electron chi connectivity index (χ0n) is 14.8. The van der Waals surface area contributed by atoms with E-state index < -0.39 is 21.7 Å². The molecule has 0 bridgehead atoms. The maximum atomic E-state index is 13.9. The SMILES string of the molecule is Cc1ccc(S(=O)(=O)N2CCC(NC(=O)c3c(F)cccc3Cl)CC2)cc1. The molecule has 1 N–H and O–H groups in total. The summed E-state index contributed by atoms with van der Waals surface area (Å²) < 4.78 is 40.7. The topological polar surface area (TPSA) is 66.5 Å². The molecule has 0 unspecified atom stereocenters. The third-order valence-electron chi connectivity index (χ3n) is 4.64. The molecular formula is C19H20ClFN2O3S. The summed E-state index contributed by atoms with van der Waals surface area (Å²) in [6.45, 7) is 2.46. The molecule has 144 valence electrons. The van der Waals surface area contributed by atoms with Gasteiger partial charge >= 0.3 is 0 Å². The van der Waals surface area contributed by atoms with Crippen LogP contribution < -0.4 is 5.32 Å². The van der Waals surface area contributed by atoms with Crippen molar-refractivity contribution >= 4 is 27.5 Å². The van der Waals surface area contributed by atoms with Crippen molar-refractivity contribution in [2.24, 2.45) is 0 Å². The first-order valence-corrected chi connectivity index (χ1v) is 10.4. The molecule has 1 amide bonds. The minimum Gasteiger partial charge on any atom is -0.349 e. The summed E-state index contributed by atoms with van der Waals surface area (Å²) in [6, 6.07) is 10.5. The molecule has 3 rings (SSSR count). The molecule has 0 aromatic heterocycles. The third kappa shape index (κ3) is 4.31. The molecule has 0 aliphatic carbocycles. The Hall–Kier alpha value is -1.96. The highest BCUT2D eigenvalue weighted by Gasteiger charge is 2.30. The Kier molecular flexibility index (Phi) is 5.83. The van der Waals surface area contributed by atoms with Gasteiger partial charge in [-0.25, -0.2) is 12.8 Å². The van der Waals surface area contributed by atoms with Gasteiger partial charge in [-0.2, -0.15) is 4.31 Å². The summed E-state index contributed by atoms with van der Waals surface area (Å²) in [5.74, 6) is -1.27. The normalized spacial score (nSPS) is 16.3. The van der Waals surface area contributed by atoms with Crippen molar-refractivity contribution in [2.45, 2.75) is 30.7 Å². The zero-order valence-corrected chi connectivity index (χ0v) is 16.4. The molecule has 1 heterocycles. The number of carbonyl (C=O) groups is 1. The van der Waals surface area contributed by atoms with Gasteiger partial charge in [0.05, 0.1) is 15.5 Å². The van der Waals surface area contributed by atoms with Crippen molar-refractivity contribution in [3.8, 4) is 0 Å². The second kappa shape index (κ2) is 7.96. The van der Waals surface area contributed by atoms with E-state index in [0.29, 0.717) is 12.8 Å². The van der Waals surface area contributed by atoms with Crippen molar-refractivity contribution in [3.05, 3.63) is 64.4 Å². The van der Waals surface area contributed by atoms with Gasteiger partial charge < -0.3 is 5.32 Å². The zero-order chi connectivity index (χ0) is 19.6. The van der Waals surface area contributed by atoms with Gasteiger partial charge in [0.1, 0.15) is 5.82 Å². The molecule has 1 fully saturated rings. The second-order valence-electron chi connectivity index (χ2n) is 6.56. The van der Waals surface area contributed by atoms with Crippen LogP contribution in [-0.4, -0.2) is 37.8 Å². The average Bonchev–Trinajstić information content (AvgIpc) is 2.62. The molecule has 1 aliphatic heterocycles. The van der Waals surface area contributed by atoms with Crippen LogP contribution in [0.2, 0.25) is 5.02 Å². The number of carbonyl (C=O) groups excluding carboxylic acids is 1. The Morgan fingerprint density at radius 1 is 1.15 bits per heavy atom. The lowest BCUT2D eigenvalue weighted by molar-refractivity contribution is 0.0920. The Morgan fingerprint density at radius 3 is 2.37 bits per heavy atom. The lowest BCUT2D eigenvalue weighted by Crippen LogP contribution is -2.46. The van der Waals surface area contributed by atoms with Gasteiger partial charge in [0.15, 0.2) is 0 Å². The number of benzene rings is 2. The third-order valence-corrected chi connectivity index (χ3v) is 6.87. The van der Waals surface area contributed by atoms with Crippen LogP contribution in [0.15, 0.2) is 47.4 Å². The van der Waals surface area contributed by atoms with Crippen LogP contribution in [0.1, 0.15) is 28.8 Å². The fraction of sp³-hybridized carbons (Fsp3) is 0.316. The standard InChI is InChI=1S/C19H20ClFN2O3S/c1-13-5-7-15(8-6-13)27(25,26)23-11-9-14(10-12-23)22-19(24)18-16(20)3-2-4-17(18)21/h2-8,14H,9-12H2,1H3,(H,22,24). The minimum atomic E-state index is -3.56. The number of rotatable bonds is 4. The Balaban J connectivity index is 1.63. The van der Waals surface area contributed by atoms with Crippen LogP contribution in [-0.2, 0) is 10.0 Å². The summed E-state index contributed by atoms with van der Waals surface area (Å²) >= 11 is 5.92. The maximum Gasteiger partial charge on any atom is 0.255 e. The average molecular weight is 411 g/mol. The van der Waals surface area contributed by atoms with E-state index in [1.165, 1.54) is 22.5 Å². The quantitative estimate of drug-likeness (QED) is 0.840. The van der Waals surface area contributed by atoms with Gasteiger partial charge in [0.2, 0.25) is 10.0 Å². The van der Waals surface area contributed by atoms with Crippen LogP contribution in [0.25, 0.3) is 0 Å². The molecule has 0 radical (unpaired) electrons. The number of nitrogens with one attached hydrogen (secondary N) is 1. The number of aryl methyl sites for hydroxylation is 1. The van der Waals surface area contributed by atoms with E-state index in [-0.39, 0.29) is 34.6 Å². The van der Waals surface area contributed by atoms with E-state index in [4.69, 9.17) is 11.6 Å². The van der Waals surface area contributed by atoms with E-state index in [1.807, 2.05) is 6.92 Å². The minimum absolute atomic E-state index is 0.0480. The van der Waals surface area contributed by atoms with E-state index in [9.17, 15) is 17.6 Å². The maximum absolute atomic E-state index is 13.9. The predicted molar refractivity (Wildman–Crippen MR) is 102 cm³/mol. The van der Waals surface area contributed by atoms with Crippen molar-refractivity contribution in [2.75, 3.05) is 13.1 Å². The number of amides is 1. The summed E-state index contributed by atoms with van der Waals surface area (Å²) in [6.07, 6.45) is 0.895. The predicted octanol–water partition coefficient (Wildman–Crippen LogP) is 3.37. The summed E-state index contributed by atoms with van der Waals surface area (Å²) in [4.78, 5) is 12.6. The molecule has 8 heteroatoms. The lowest BCUT2D eigenvalue weighted by Gasteiger charge is -2.31. The molecular weight excluding hydrogens is 391 g/mol. The van der Waals surface area contributed by atoms with E-state index >= 15 is 0 Å². The molecule has 0 saturated carbocycles. The van der Waals surface area contributed by atoms with Crippen LogP contribution >= 0.6 is 11.6 Å². The van der Waals surface area contributed by atoms with Crippen LogP contribution in [0.4, 0.5) is 4.39 Å². The Morgan fingerprint density at radius 2 is 1.78 bits per heavy atom. The summed E-state index contributed by atoms with van der Waals surface area (Å²) in [7, 11) is -3.56. The van der Waals surface area contributed by atoms with E-state index in [1.54, 1.807) is 24.3 Å². The molecule has 0 spiro atoms. The van der Waals surface area contributed by atoms with Crippen LogP contribution in [0.3, 0.4) is 0 Å². The van der Waals surface area contributed by atoms with Crippen molar-refractivity contribution in [1.29, 1.82) is 0 Å². The van der Waals surface area contributed by atoms with E-state index in [0.717, 1.165) is 5.56 Å². The fourth-order valence-electron chi connectivity index (χ4n) is 3.07. The number of hydrogen-bond donors (Lipinski definition) is 1. The van der Waals surface area contributed by atoms with Gasteiger partial charge in [-0.1, -0.05) is 35.4 Å². The summed E-state index contributed by atoms with van der Waals surface area (Å²) in [5.41, 5.74) is 0.802. The van der Waals surface area contributed by atoms with E-state index in [2.05, 4.69) is 5.32 Å². The van der Waals surface area contributed by atoms with Gasteiger partial charge in [-0.05, 0) is 44.0 Å². The number of nitrogens with zero attached hydrogens (tertiary/aromatic N) is 1.